The van der Waals surface area contributed by atoms with Crippen molar-refractivity contribution in [3.8, 4) is 5.75 Å². The zero-order valence-electron chi connectivity index (χ0n) is 19.6. The number of aromatic carboxylic acids is 1. The number of aromatic hydroxyl groups is 1. The molecule has 6 unspecified atom stereocenters. The largest absolute Gasteiger partial charge is 0.508 e. The monoisotopic (exact) mass is 426 g/mol. The number of hydrogen-bond acceptors (Lipinski definition) is 3. The average Bonchev–Trinajstić information content (AvgIpc) is 2.70. The van der Waals surface area contributed by atoms with E-state index in [1.54, 1.807) is 11.6 Å². The van der Waals surface area contributed by atoms with Crippen LogP contribution in [-0.4, -0.2) is 27.4 Å². The normalized spacial score (nSPS) is 39.2. The third kappa shape index (κ3) is 3.33. The topological polar surface area (TPSA) is 77.8 Å². The van der Waals surface area contributed by atoms with E-state index in [-0.39, 0.29) is 33.7 Å². The van der Waals surface area contributed by atoms with Gasteiger partial charge in [-0.2, -0.15) is 0 Å². The van der Waals surface area contributed by atoms with Crippen LogP contribution in [0.15, 0.2) is 29.8 Å². The van der Waals surface area contributed by atoms with Gasteiger partial charge in [-0.1, -0.05) is 46.3 Å². The van der Waals surface area contributed by atoms with Crippen LogP contribution in [0.4, 0.5) is 0 Å². The Bertz CT molecular complexity index is 916. The quantitative estimate of drug-likeness (QED) is 0.532. The van der Waals surface area contributed by atoms with E-state index in [0.29, 0.717) is 24.2 Å². The highest BCUT2D eigenvalue weighted by atomic mass is 16.4. The molecule has 1 aromatic carbocycles. The summed E-state index contributed by atoms with van der Waals surface area (Å²) in [7, 11) is 0. The predicted octanol–water partition coefficient (Wildman–Crippen LogP) is 5.82. The van der Waals surface area contributed by atoms with Crippen molar-refractivity contribution in [3.63, 3.8) is 0 Å². The summed E-state index contributed by atoms with van der Waals surface area (Å²) >= 11 is 0. The molecule has 0 heterocycles. The second-order valence-corrected chi connectivity index (χ2v) is 11.6. The van der Waals surface area contributed by atoms with Crippen LogP contribution in [0, 0.1) is 34.0 Å². The number of hydrogen-bond donors (Lipinski definition) is 3. The lowest BCUT2D eigenvalue weighted by atomic mass is 9.43. The summed E-state index contributed by atoms with van der Waals surface area (Å²) in [6, 6.07) is 4.65. The van der Waals surface area contributed by atoms with Crippen molar-refractivity contribution in [1.82, 2.24) is 0 Å². The molecule has 0 bridgehead atoms. The van der Waals surface area contributed by atoms with E-state index < -0.39 is 5.97 Å². The molecule has 4 nitrogen and oxygen atoms in total. The van der Waals surface area contributed by atoms with E-state index in [0.717, 1.165) is 37.7 Å². The van der Waals surface area contributed by atoms with Gasteiger partial charge in [-0.05, 0) is 96.3 Å². The van der Waals surface area contributed by atoms with E-state index >= 15 is 0 Å². The highest BCUT2D eigenvalue weighted by molar-refractivity contribution is 5.88. The first-order valence-electron chi connectivity index (χ1n) is 11.8. The zero-order chi connectivity index (χ0) is 22.8. The molecule has 0 saturated heterocycles. The Kier molecular flexibility index (Phi) is 5.32. The van der Waals surface area contributed by atoms with Crippen molar-refractivity contribution in [2.24, 2.45) is 34.0 Å². The second-order valence-electron chi connectivity index (χ2n) is 11.6. The standard InChI is InChI=1S/C27H38O4/c1-16-6-8-19-20(9-11-22-25(2,3)23(29)12-13-26(19,22)4)27(16,5)15-18-14-17(24(30)31)7-10-21(18)28/h7-8,10,14,16,20,22-23,28-29H,6,9,11-13,15H2,1-5H3,(H,30,31). The number of phenols is 1. The van der Waals surface area contributed by atoms with Gasteiger partial charge in [0.25, 0.3) is 0 Å². The van der Waals surface area contributed by atoms with E-state index in [9.17, 15) is 20.1 Å². The number of aliphatic hydroxyl groups excluding tert-OH is 1. The first-order chi connectivity index (χ1) is 14.4. The minimum Gasteiger partial charge on any atom is -0.508 e. The number of carboxylic acid groups (broad SMARTS) is 1. The van der Waals surface area contributed by atoms with Gasteiger partial charge < -0.3 is 15.3 Å². The molecule has 4 rings (SSSR count). The fourth-order valence-corrected chi connectivity index (χ4v) is 7.50. The SMILES string of the molecule is CC1CC=C2C(CCC3C2(C)CCC(O)C3(C)C)C1(C)Cc1cc(C(=O)O)ccc1O. The molecule has 1 aromatic rings. The number of carboxylic acids is 1. The molecule has 0 radical (unpaired) electrons. The highest BCUT2D eigenvalue weighted by Gasteiger charge is 2.58. The molecule has 0 aromatic heterocycles. The summed E-state index contributed by atoms with van der Waals surface area (Å²) < 4.78 is 0. The van der Waals surface area contributed by atoms with Crippen LogP contribution >= 0.6 is 0 Å². The van der Waals surface area contributed by atoms with Gasteiger partial charge in [0.1, 0.15) is 5.75 Å². The summed E-state index contributed by atoms with van der Waals surface area (Å²) in [6.07, 6.45) is 7.99. The first kappa shape index (κ1) is 22.4. The number of aliphatic hydroxyl groups is 1. The van der Waals surface area contributed by atoms with Crippen LogP contribution < -0.4 is 0 Å². The molecule has 170 valence electrons. The number of allylic oxidation sites excluding steroid dienone is 2. The lowest BCUT2D eigenvalue weighted by molar-refractivity contribution is -0.110. The predicted molar refractivity (Wildman–Crippen MR) is 122 cm³/mol. The second kappa shape index (κ2) is 7.37. The van der Waals surface area contributed by atoms with Crippen LogP contribution in [0.2, 0.25) is 0 Å². The van der Waals surface area contributed by atoms with Gasteiger partial charge in [0.05, 0.1) is 11.7 Å². The number of phenolic OH excluding ortho intramolecular Hbond substituents is 1. The van der Waals surface area contributed by atoms with E-state index in [1.165, 1.54) is 12.1 Å². The lowest BCUT2D eigenvalue weighted by Gasteiger charge is -2.62. The molecule has 3 aliphatic carbocycles. The summed E-state index contributed by atoms with van der Waals surface area (Å²) in [5.74, 6) is 0.552. The Labute approximate surface area is 186 Å². The van der Waals surface area contributed by atoms with Crippen LogP contribution in [0.1, 0.15) is 82.6 Å². The van der Waals surface area contributed by atoms with Crippen LogP contribution in [0.3, 0.4) is 0 Å². The van der Waals surface area contributed by atoms with Gasteiger partial charge >= 0.3 is 5.97 Å². The third-order valence-electron chi connectivity index (χ3n) is 9.75. The maximum Gasteiger partial charge on any atom is 0.335 e. The van der Waals surface area contributed by atoms with E-state index in [2.05, 4.69) is 40.7 Å². The van der Waals surface area contributed by atoms with Crippen molar-refractivity contribution in [2.45, 2.75) is 79.2 Å². The Morgan fingerprint density at radius 2 is 1.84 bits per heavy atom. The summed E-state index contributed by atoms with van der Waals surface area (Å²) in [6.45, 7) is 11.5. The smallest absolute Gasteiger partial charge is 0.335 e. The fraction of sp³-hybridized carbons (Fsp3) is 0.667. The Morgan fingerprint density at radius 3 is 2.52 bits per heavy atom. The molecule has 3 aliphatic rings. The van der Waals surface area contributed by atoms with Gasteiger partial charge in [0.2, 0.25) is 0 Å². The summed E-state index contributed by atoms with van der Waals surface area (Å²) in [5.41, 5.74) is 2.48. The van der Waals surface area contributed by atoms with Crippen molar-refractivity contribution >= 4 is 5.97 Å². The van der Waals surface area contributed by atoms with Gasteiger partial charge in [-0.3, -0.25) is 0 Å². The van der Waals surface area contributed by atoms with Crippen molar-refractivity contribution in [3.05, 3.63) is 41.0 Å². The Balaban J connectivity index is 1.72. The Hall–Kier alpha value is -1.81. The van der Waals surface area contributed by atoms with Crippen molar-refractivity contribution in [1.29, 1.82) is 0 Å². The molecule has 0 spiro atoms. The first-order valence-corrected chi connectivity index (χ1v) is 11.8. The molecule has 2 saturated carbocycles. The Morgan fingerprint density at radius 1 is 1.13 bits per heavy atom. The number of carbonyl (C=O) groups is 1. The summed E-state index contributed by atoms with van der Waals surface area (Å²) in [4.78, 5) is 11.5. The molecule has 0 amide bonds. The third-order valence-corrected chi connectivity index (χ3v) is 9.75. The molecular formula is C27H38O4. The molecule has 0 aliphatic heterocycles. The molecule has 31 heavy (non-hydrogen) atoms. The number of fused-ring (bicyclic) bond motifs is 3. The molecule has 6 atom stereocenters. The van der Waals surface area contributed by atoms with Gasteiger partial charge in [0, 0.05) is 0 Å². The molecule has 4 heteroatoms. The highest BCUT2D eigenvalue weighted by Crippen LogP contribution is 2.66. The zero-order valence-corrected chi connectivity index (χ0v) is 19.6. The van der Waals surface area contributed by atoms with Crippen molar-refractivity contribution in [2.75, 3.05) is 0 Å². The van der Waals surface area contributed by atoms with Crippen LogP contribution in [-0.2, 0) is 6.42 Å². The number of benzene rings is 1. The van der Waals surface area contributed by atoms with Gasteiger partial charge in [-0.15, -0.1) is 0 Å². The minimum absolute atomic E-state index is 0.0487. The minimum atomic E-state index is -0.959. The average molecular weight is 427 g/mol. The molecule has 3 N–H and O–H groups in total. The van der Waals surface area contributed by atoms with E-state index in [4.69, 9.17) is 0 Å². The van der Waals surface area contributed by atoms with Crippen LogP contribution in [0.5, 0.6) is 5.75 Å². The summed E-state index contributed by atoms with van der Waals surface area (Å²) in [5, 5.41) is 30.7. The lowest BCUT2D eigenvalue weighted by Crippen LogP contribution is -2.56. The van der Waals surface area contributed by atoms with Crippen molar-refractivity contribution < 1.29 is 20.1 Å². The van der Waals surface area contributed by atoms with Crippen LogP contribution in [0.25, 0.3) is 0 Å². The fourth-order valence-electron chi connectivity index (χ4n) is 7.50. The van der Waals surface area contributed by atoms with Gasteiger partial charge in [0.15, 0.2) is 0 Å². The maximum atomic E-state index is 11.5. The van der Waals surface area contributed by atoms with E-state index in [1.807, 2.05) is 0 Å². The number of rotatable bonds is 3. The van der Waals surface area contributed by atoms with Gasteiger partial charge in [-0.25, -0.2) is 4.79 Å². The molecular weight excluding hydrogens is 388 g/mol. The molecule has 2 fully saturated rings. The maximum absolute atomic E-state index is 11.5.